The lowest BCUT2D eigenvalue weighted by molar-refractivity contribution is 0.708. The molecule has 150 valence electrons. The standard InChI is InChI=1S/C22H26N6O/c1-3-18-12-23-15-21(25-18)28-10-6-7-17(22(28)29)11-16(2)19-13-24-14-20(26-19)27-8-4-5-9-27/h6-7,10,12-16H,3-5,8-9,11H2,1-2H3. The van der Waals surface area contributed by atoms with E-state index in [9.17, 15) is 4.79 Å². The molecule has 1 saturated heterocycles. The maximum Gasteiger partial charge on any atom is 0.259 e. The Hall–Kier alpha value is -3.09. The lowest BCUT2D eigenvalue weighted by Gasteiger charge is -2.18. The first kappa shape index (κ1) is 19.2. The maximum atomic E-state index is 13.1. The van der Waals surface area contributed by atoms with E-state index < -0.39 is 0 Å². The second-order valence-electron chi connectivity index (χ2n) is 7.53. The van der Waals surface area contributed by atoms with Crippen LogP contribution in [0.25, 0.3) is 5.82 Å². The quantitative estimate of drug-likeness (QED) is 0.644. The van der Waals surface area contributed by atoms with Gasteiger partial charge in [-0.3, -0.25) is 19.3 Å². The second kappa shape index (κ2) is 8.51. The molecule has 0 aromatic carbocycles. The fourth-order valence-electron chi connectivity index (χ4n) is 3.70. The molecule has 0 saturated carbocycles. The third-order valence-electron chi connectivity index (χ3n) is 5.41. The smallest absolute Gasteiger partial charge is 0.259 e. The van der Waals surface area contributed by atoms with Crippen LogP contribution in [0.1, 0.15) is 49.6 Å². The highest BCUT2D eigenvalue weighted by Gasteiger charge is 2.17. The summed E-state index contributed by atoms with van der Waals surface area (Å²) < 4.78 is 1.57. The topological polar surface area (TPSA) is 76.8 Å². The zero-order chi connectivity index (χ0) is 20.2. The van der Waals surface area contributed by atoms with Crippen LogP contribution in [0.3, 0.4) is 0 Å². The van der Waals surface area contributed by atoms with Crippen LogP contribution in [0.4, 0.5) is 5.82 Å². The molecule has 1 aliphatic heterocycles. The molecule has 1 atom stereocenters. The molecule has 1 aliphatic rings. The summed E-state index contributed by atoms with van der Waals surface area (Å²) in [4.78, 5) is 33.3. The van der Waals surface area contributed by atoms with Gasteiger partial charge >= 0.3 is 0 Å². The zero-order valence-electron chi connectivity index (χ0n) is 17.0. The molecule has 7 nitrogen and oxygen atoms in total. The first-order valence-corrected chi connectivity index (χ1v) is 10.2. The minimum atomic E-state index is -0.0643. The molecule has 4 heterocycles. The number of nitrogens with zero attached hydrogens (tertiary/aromatic N) is 6. The van der Waals surface area contributed by atoms with Gasteiger partial charge in [0.05, 0.1) is 23.8 Å². The largest absolute Gasteiger partial charge is 0.355 e. The monoisotopic (exact) mass is 390 g/mol. The molecule has 1 unspecified atom stereocenters. The lowest BCUT2D eigenvalue weighted by atomic mass is 9.99. The molecule has 4 rings (SSSR count). The molecule has 3 aromatic rings. The van der Waals surface area contributed by atoms with Crippen LogP contribution in [0, 0.1) is 0 Å². The van der Waals surface area contributed by atoms with Crippen molar-refractivity contribution in [2.45, 2.75) is 45.4 Å². The number of aryl methyl sites for hydroxylation is 1. The van der Waals surface area contributed by atoms with E-state index in [4.69, 9.17) is 4.98 Å². The van der Waals surface area contributed by atoms with Gasteiger partial charge in [-0.1, -0.05) is 19.9 Å². The normalized spacial score (nSPS) is 14.9. The van der Waals surface area contributed by atoms with Crippen LogP contribution < -0.4 is 10.5 Å². The van der Waals surface area contributed by atoms with Crippen molar-refractivity contribution in [1.82, 2.24) is 24.5 Å². The van der Waals surface area contributed by atoms with Gasteiger partial charge in [0.25, 0.3) is 5.56 Å². The first-order chi connectivity index (χ1) is 14.2. The van der Waals surface area contributed by atoms with Crippen molar-refractivity contribution in [2.24, 2.45) is 0 Å². The predicted molar refractivity (Wildman–Crippen MR) is 113 cm³/mol. The average molecular weight is 390 g/mol. The van der Waals surface area contributed by atoms with E-state index in [1.807, 2.05) is 31.5 Å². The molecule has 0 amide bonds. The van der Waals surface area contributed by atoms with Gasteiger partial charge in [-0.05, 0) is 31.7 Å². The first-order valence-electron chi connectivity index (χ1n) is 10.2. The van der Waals surface area contributed by atoms with Crippen molar-refractivity contribution in [3.63, 3.8) is 0 Å². The summed E-state index contributed by atoms with van der Waals surface area (Å²) >= 11 is 0. The summed E-state index contributed by atoms with van der Waals surface area (Å²) in [7, 11) is 0. The van der Waals surface area contributed by atoms with Crippen LogP contribution in [0.15, 0.2) is 47.9 Å². The van der Waals surface area contributed by atoms with Crippen LogP contribution in [0.5, 0.6) is 0 Å². The van der Waals surface area contributed by atoms with E-state index in [2.05, 4.69) is 26.8 Å². The third kappa shape index (κ3) is 4.18. The highest BCUT2D eigenvalue weighted by molar-refractivity contribution is 5.38. The van der Waals surface area contributed by atoms with Gasteiger partial charge in [-0.2, -0.15) is 0 Å². The molecule has 0 aliphatic carbocycles. The zero-order valence-corrected chi connectivity index (χ0v) is 17.0. The van der Waals surface area contributed by atoms with Crippen molar-refractivity contribution < 1.29 is 0 Å². The summed E-state index contributed by atoms with van der Waals surface area (Å²) in [5, 5.41) is 0. The summed E-state index contributed by atoms with van der Waals surface area (Å²) in [6.45, 7) is 6.18. The number of aromatic nitrogens is 5. The van der Waals surface area contributed by atoms with Crippen LogP contribution in [-0.2, 0) is 12.8 Å². The summed E-state index contributed by atoms with van der Waals surface area (Å²) in [6.07, 6.45) is 12.5. The number of hydrogen-bond donors (Lipinski definition) is 0. The van der Waals surface area contributed by atoms with Crippen molar-refractivity contribution in [3.05, 3.63) is 70.4 Å². The van der Waals surface area contributed by atoms with Crippen LogP contribution in [-0.4, -0.2) is 37.6 Å². The predicted octanol–water partition coefficient (Wildman–Crippen LogP) is 2.93. The molecule has 0 radical (unpaired) electrons. The molecule has 3 aromatic heterocycles. The Morgan fingerprint density at radius 2 is 1.79 bits per heavy atom. The molecule has 0 bridgehead atoms. The van der Waals surface area contributed by atoms with Crippen molar-refractivity contribution >= 4 is 5.82 Å². The number of rotatable bonds is 6. The molecular formula is C22H26N6O. The van der Waals surface area contributed by atoms with Gasteiger partial charge in [0.15, 0.2) is 5.82 Å². The molecule has 0 N–H and O–H groups in total. The lowest BCUT2D eigenvalue weighted by Crippen LogP contribution is -2.24. The molecular weight excluding hydrogens is 364 g/mol. The van der Waals surface area contributed by atoms with Gasteiger partial charge in [-0.25, -0.2) is 9.97 Å². The third-order valence-corrected chi connectivity index (χ3v) is 5.41. The fraction of sp³-hybridized carbons (Fsp3) is 0.409. The molecule has 7 heteroatoms. The molecule has 1 fully saturated rings. The van der Waals surface area contributed by atoms with E-state index in [1.165, 1.54) is 12.8 Å². The maximum absolute atomic E-state index is 13.1. The molecule has 29 heavy (non-hydrogen) atoms. The van der Waals surface area contributed by atoms with Gasteiger partial charge in [-0.15, -0.1) is 0 Å². The highest BCUT2D eigenvalue weighted by atomic mass is 16.1. The van der Waals surface area contributed by atoms with Gasteiger partial charge in [0, 0.05) is 43.2 Å². The van der Waals surface area contributed by atoms with Gasteiger partial charge in [0.2, 0.25) is 0 Å². The van der Waals surface area contributed by atoms with E-state index in [1.54, 1.807) is 23.2 Å². The van der Waals surface area contributed by atoms with Crippen LogP contribution in [0.2, 0.25) is 0 Å². The second-order valence-corrected chi connectivity index (χ2v) is 7.53. The van der Waals surface area contributed by atoms with Crippen molar-refractivity contribution in [2.75, 3.05) is 18.0 Å². The van der Waals surface area contributed by atoms with E-state index >= 15 is 0 Å². The summed E-state index contributed by atoms with van der Waals surface area (Å²) in [5.74, 6) is 1.57. The number of pyridine rings is 1. The van der Waals surface area contributed by atoms with Crippen LogP contribution >= 0.6 is 0 Å². The Morgan fingerprint density at radius 3 is 2.59 bits per heavy atom. The minimum absolute atomic E-state index is 0.0643. The van der Waals surface area contributed by atoms with E-state index in [-0.39, 0.29) is 11.5 Å². The van der Waals surface area contributed by atoms with Crippen molar-refractivity contribution in [3.8, 4) is 5.82 Å². The minimum Gasteiger partial charge on any atom is -0.355 e. The fourth-order valence-corrected chi connectivity index (χ4v) is 3.70. The Labute approximate surface area is 170 Å². The van der Waals surface area contributed by atoms with E-state index in [0.29, 0.717) is 12.2 Å². The number of hydrogen-bond acceptors (Lipinski definition) is 6. The SMILES string of the molecule is CCc1cncc(-n2cccc(CC(C)c3cncc(N4CCCC4)n3)c2=O)n1. The van der Waals surface area contributed by atoms with Gasteiger partial charge in [0.1, 0.15) is 5.82 Å². The average Bonchev–Trinajstić information content (AvgIpc) is 3.30. The van der Waals surface area contributed by atoms with Gasteiger partial charge < -0.3 is 4.90 Å². The Kier molecular flexibility index (Phi) is 5.64. The summed E-state index contributed by atoms with van der Waals surface area (Å²) in [5.41, 5.74) is 2.45. The van der Waals surface area contributed by atoms with Crippen molar-refractivity contribution in [1.29, 1.82) is 0 Å². The Morgan fingerprint density at radius 1 is 1.03 bits per heavy atom. The highest BCUT2D eigenvalue weighted by Crippen LogP contribution is 2.22. The Bertz CT molecular complexity index is 1040. The Balaban J connectivity index is 1.58. The summed E-state index contributed by atoms with van der Waals surface area (Å²) in [6, 6.07) is 3.76. The molecule has 0 spiro atoms. The number of anilines is 1. The van der Waals surface area contributed by atoms with E-state index in [0.717, 1.165) is 42.3 Å².